The molecule has 5 aromatic rings. The molecule has 0 fully saturated rings. The van der Waals surface area contributed by atoms with E-state index in [4.69, 9.17) is 69.5 Å². The average molecular weight is 1050 g/mol. The second-order valence-corrected chi connectivity index (χ2v) is 18.5. The van der Waals surface area contributed by atoms with E-state index in [2.05, 4.69) is 24.5 Å². The van der Waals surface area contributed by atoms with Gasteiger partial charge in [0.1, 0.15) is 23.1 Å². The number of hydrogen-bond donors (Lipinski definition) is 4. The monoisotopic (exact) mass is 1050 g/mol. The Bertz CT molecular complexity index is 2800. The zero-order chi connectivity index (χ0) is 50.6. The molecule has 364 valence electrons. The van der Waals surface area contributed by atoms with Crippen LogP contribution in [0, 0.1) is 17.0 Å². The van der Waals surface area contributed by atoms with Crippen molar-refractivity contribution >= 4 is 87.3 Å². The fourth-order valence-electron chi connectivity index (χ4n) is 4.79. The molecule has 0 radical (unpaired) electrons. The predicted molar refractivity (Wildman–Crippen MR) is 233 cm³/mol. The number of fused-ring (bicyclic) bond motifs is 1. The molecule has 3 aromatic carbocycles. The average Bonchev–Trinajstić information content (AvgIpc) is 3.70. The second-order valence-electron chi connectivity index (χ2n) is 13.2. The van der Waals surface area contributed by atoms with Crippen LogP contribution in [0.15, 0.2) is 59.8 Å². The lowest BCUT2D eigenvalue weighted by atomic mass is 10.1. The highest BCUT2D eigenvalue weighted by atomic mass is 35.5. The molecule has 5 N–H and O–H groups in total. The minimum atomic E-state index is -4.61. The number of aryl methyl sites for hydroxylation is 1. The van der Waals surface area contributed by atoms with Gasteiger partial charge in [-0.1, -0.05) is 40.9 Å². The normalized spacial score (nSPS) is 12.5. The molecule has 0 aliphatic carbocycles. The van der Waals surface area contributed by atoms with Crippen molar-refractivity contribution in [2.24, 2.45) is 5.73 Å². The maximum absolute atomic E-state index is 12.7. The standard InChI is InChI=1S/C18H13ClF3NO7.C14H13Cl2N5O4S.C5H12NO4P/c1-2-28-16(24)9-29-17(25)12-8-11(4-5-14(12)23(26)27)30-15-6-3-10(7-13(15)19)18(20,21)22;1-7-4-5-8(15)12(11(7)16)20-26(22,23)14-18-13-17-9(24-2)6-10(25-3)21(13)19-14;1-11(9,10)3-2-4(6)5(7)8/h3-8H,2,9H2,1H3;4-6,20H,1-3H3;4H,2-3,6H2,1H3,(H,7,8)(H,9,10). The first kappa shape index (κ1) is 55.3. The first-order chi connectivity index (χ1) is 31.1. The highest BCUT2D eigenvalue weighted by Gasteiger charge is 2.31. The summed E-state index contributed by atoms with van der Waals surface area (Å²) in [6, 6.07) is 8.97. The summed E-state index contributed by atoms with van der Waals surface area (Å²) in [5.41, 5.74) is 3.63. The van der Waals surface area contributed by atoms with E-state index in [0.29, 0.717) is 11.6 Å². The van der Waals surface area contributed by atoms with Crippen molar-refractivity contribution in [3.8, 4) is 23.3 Å². The molecular weight excluding hydrogens is 1010 g/mol. The third kappa shape index (κ3) is 16.1. The number of aliphatic carboxylic acids is 1. The Hall–Kier alpha value is -6.02. The highest BCUT2D eigenvalue weighted by molar-refractivity contribution is 7.92. The van der Waals surface area contributed by atoms with Crippen LogP contribution in [-0.2, 0) is 39.8 Å². The van der Waals surface area contributed by atoms with Crippen molar-refractivity contribution in [2.45, 2.75) is 37.6 Å². The Labute approximate surface area is 392 Å². The molecule has 0 saturated carbocycles. The molecule has 0 spiro atoms. The topological polar surface area (TPSA) is 313 Å². The van der Waals surface area contributed by atoms with Gasteiger partial charge >= 0.3 is 24.1 Å². The Morgan fingerprint density at radius 2 is 1.69 bits per heavy atom. The zero-order valence-corrected chi connectivity index (χ0v) is 39.2. The Kier molecular flexibility index (Phi) is 19.5. The molecule has 5 rings (SSSR count). The van der Waals surface area contributed by atoms with Gasteiger partial charge in [0.25, 0.3) is 26.6 Å². The summed E-state index contributed by atoms with van der Waals surface area (Å²) >= 11 is 18.0. The first-order valence-electron chi connectivity index (χ1n) is 18.4. The Morgan fingerprint density at radius 1 is 1.01 bits per heavy atom. The van der Waals surface area contributed by atoms with E-state index in [1.54, 1.807) is 13.0 Å². The van der Waals surface area contributed by atoms with Crippen LogP contribution >= 0.6 is 42.2 Å². The third-order valence-electron chi connectivity index (χ3n) is 8.09. The number of nitrogens with zero attached hydrogens (tertiary/aromatic N) is 5. The van der Waals surface area contributed by atoms with Crippen LogP contribution in [0.25, 0.3) is 5.78 Å². The van der Waals surface area contributed by atoms with Crippen LogP contribution in [0.5, 0.6) is 23.3 Å². The summed E-state index contributed by atoms with van der Waals surface area (Å²) in [5.74, 6) is -3.11. The lowest BCUT2D eigenvalue weighted by Crippen LogP contribution is -2.30. The van der Waals surface area contributed by atoms with E-state index in [0.717, 1.165) is 34.8 Å². The summed E-state index contributed by atoms with van der Waals surface area (Å²) in [7, 11) is -4.47. The number of methoxy groups -OCH3 is 2. The van der Waals surface area contributed by atoms with Crippen LogP contribution in [0.2, 0.25) is 15.1 Å². The van der Waals surface area contributed by atoms with Crippen LogP contribution in [-0.4, -0.2) is 107 Å². The fourth-order valence-corrected chi connectivity index (χ4v) is 7.31. The molecule has 67 heavy (non-hydrogen) atoms. The number of nitrogens with two attached hydrogens (primary N) is 1. The third-order valence-corrected chi connectivity index (χ3v) is 11.4. The van der Waals surface area contributed by atoms with Gasteiger partial charge in [-0.05, 0) is 56.2 Å². The van der Waals surface area contributed by atoms with E-state index < -0.39 is 81.0 Å². The molecule has 0 aliphatic rings. The van der Waals surface area contributed by atoms with Crippen molar-refractivity contribution in [3.63, 3.8) is 0 Å². The number of nitrogens with one attached hydrogen (secondary N) is 1. The number of nitro benzene ring substituents is 1. The number of sulfonamides is 1. The van der Waals surface area contributed by atoms with Crippen molar-refractivity contribution in [1.82, 2.24) is 19.6 Å². The van der Waals surface area contributed by atoms with Gasteiger partial charge in [0.2, 0.25) is 11.8 Å². The van der Waals surface area contributed by atoms with Gasteiger partial charge < -0.3 is 39.4 Å². The molecule has 2 heterocycles. The number of anilines is 1. The molecule has 0 saturated heterocycles. The van der Waals surface area contributed by atoms with Gasteiger partial charge in [0.05, 0.1) is 58.1 Å². The molecule has 30 heteroatoms. The van der Waals surface area contributed by atoms with E-state index in [9.17, 15) is 50.7 Å². The molecule has 2 aromatic heterocycles. The van der Waals surface area contributed by atoms with Gasteiger partial charge in [-0.25, -0.2) is 9.59 Å². The van der Waals surface area contributed by atoms with Crippen LogP contribution < -0.4 is 24.7 Å². The number of carboxylic acid groups (broad SMARTS) is 1. The van der Waals surface area contributed by atoms with Gasteiger partial charge in [0.15, 0.2) is 14.0 Å². The van der Waals surface area contributed by atoms with Crippen molar-refractivity contribution in [1.29, 1.82) is 0 Å². The largest absolute Gasteiger partial charge is 0.481 e. The molecule has 0 bridgehead atoms. The number of carbonyl (C=O) groups is 3. The van der Waals surface area contributed by atoms with Gasteiger partial charge in [-0.2, -0.15) is 36.1 Å². The minimum absolute atomic E-state index is 0.0111. The van der Waals surface area contributed by atoms with E-state index >= 15 is 0 Å². The number of carboxylic acids is 1. The van der Waals surface area contributed by atoms with Crippen LogP contribution in [0.3, 0.4) is 0 Å². The van der Waals surface area contributed by atoms with Gasteiger partial charge in [-0.15, -0.1) is 5.10 Å². The SMILES string of the molecule is CCOC(=O)COC(=O)c1cc(Oc2ccc(C(F)(F)F)cc2Cl)ccc1[N+](=O)[O-].COc1cc(OC)n2nc(S(=O)(=O)Nc3c(Cl)ccc(C)c3Cl)nc2n1.CP(=O)(O)CCC(N)C(=O)O. The number of aromatic nitrogens is 4. The number of carbonyl (C=O) groups excluding carboxylic acids is 2. The van der Waals surface area contributed by atoms with Crippen LogP contribution in [0.4, 0.5) is 24.5 Å². The molecule has 0 aliphatic heterocycles. The lowest BCUT2D eigenvalue weighted by Gasteiger charge is -2.12. The van der Waals surface area contributed by atoms with Crippen molar-refractivity contribution < 1.29 is 79.1 Å². The maximum atomic E-state index is 12.7. The van der Waals surface area contributed by atoms with Crippen molar-refractivity contribution in [2.75, 3.05) is 45.0 Å². The number of benzene rings is 3. The molecular formula is C37H38Cl3F3N7O15PS. The van der Waals surface area contributed by atoms with E-state index in [1.807, 2.05) is 0 Å². The summed E-state index contributed by atoms with van der Waals surface area (Å²) in [6.07, 6.45) is -4.61. The van der Waals surface area contributed by atoms with E-state index in [-0.39, 0.29) is 69.0 Å². The quantitative estimate of drug-likeness (QED) is 0.0334. The fraction of sp³-hybridized carbons (Fsp3) is 0.297. The van der Waals surface area contributed by atoms with Gasteiger partial charge in [-0.3, -0.25) is 24.2 Å². The molecule has 0 amide bonds. The summed E-state index contributed by atoms with van der Waals surface area (Å²) in [5, 5.41) is 22.8. The number of nitro groups is 1. The first-order valence-corrected chi connectivity index (χ1v) is 23.3. The summed E-state index contributed by atoms with van der Waals surface area (Å²) in [4.78, 5) is 60.6. The highest BCUT2D eigenvalue weighted by Crippen LogP contribution is 2.38. The van der Waals surface area contributed by atoms with Crippen LogP contribution in [0.1, 0.15) is 34.8 Å². The number of ether oxygens (including phenoxy) is 5. The Balaban J connectivity index is 0.000000293. The smallest absolute Gasteiger partial charge is 0.416 e. The predicted octanol–water partition coefficient (Wildman–Crippen LogP) is 7.03. The number of alkyl halides is 3. The number of esters is 2. The number of halogens is 6. The second kappa shape index (κ2) is 23.6. The lowest BCUT2D eigenvalue weighted by molar-refractivity contribution is -0.385. The molecule has 2 atom stereocenters. The number of rotatable bonds is 16. The summed E-state index contributed by atoms with van der Waals surface area (Å²) < 4.78 is 102. The zero-order valence-electron chi connectivity index (χ0n) is 35.2. The summed E-state index contributed by atoms with van der Waals surface area (Å²) in [6.45, 7) is 3.73. The van der Waals surface area contributed by atoms with Gasteiger partial charge in [0, 0.05) is 25.0 Å². The minimum Gasteiger partial charge on any atom is -0.481 e. The molecule has 2 unspecified atom stereocenters. The van der Waals surface area contributed by atoms with Crippen molar-refractivity contribution in [3.05, 3.63) is 96.5 Å². The van der Waals surface area contributed by atoms with E-state index in [1.165, 1.54) is 39.9 Å². The Morgan fingerprint density at radius 3 is 2.24 bits per heavy atom. The molecule has 22 nitrogen and oxygen atoms in total. The number of hydrogen-bond acceptors (Lipinski definition) is 17. The maximum Gasteiger partial charge on any atom is 0.416 e.